The van der Waals surface area contributed by atoms with Crippen LogP contribution in [-0.4, -0.2) is 34.5 Å². The van der Waals surface area contributed by atoms with Crippen LogP contribution in [0.3, 0.4) is 0 Å². The van der Waals surface area contributed by atoms with Crippen LogP contribution in [0.5, 0.6) is 0 Å². The van der Waals surface area contributed by atoms with Crippen molar-refractivity contribution in [1.29, 1.82) is 0 Å². The molecule has 0 aliphatic carbocycles. The second kappa shape index (κ2) is 5.11. The van der Waals surface area contributed by atoms with E-state index in [9.17, 15) is 4.79 Å². The molecule has 1 N–H and O–H groups in total. The van der Waals surface area contributed by atoms with Crippen molar-refractivity contribution >= 4 is 76.0 Å². The van der Waals surface area contributed by atoms with E-state index in [1.54, 1.807) is 0 Å². The fourth-order valence-corrected chi connectivity index (χ4v) is 1.24. The van der Waals surface area contributed by atoms with Gasteiger partial charge in [0, 0.05) is 29.6 Å². The van der Waals surface area contributed by atoms with Gasteiger partial charge in [0.25, 0.3) is 0 Å². The van der Waals surface area contributed by atoms with Gasteiger partial charge in [0.2, 0.25) is 5.43 Å². The minimum absolute atomic E-state index is 0. The predicted molar refractivity (Wildman–Crippen MR) is 52.9 cm³/mol. The first-order valence-corrected chi connectivity index (χ1v) is 3.97. The zero-order valence-electron chi connectivity index (χ0n) is 5.92. The van der Waals surface area contributed by atoms with E-state index >= 15 is 0 Å². The maximum absolute atomic E-state index is 11.0. The van der Waals surface area contributed by atoms with Crippen LogP contribution in [0.25, 0.3) is 0 Å². The van der Waals surface area contributed by atoms with Crippen LogP contribution < -0.4 is 5.43 Å². The third kappa shape index (κ3) is 2.55. The zero-order valence-corrected chi connectivity index (χ0v) is 10.9. The normalized spacial score (nSPS) is 9.33. The molecular formula is C5HCl4NNaO. The number of hydrogen-bond acceptors (Lipinski definition) is 1. The first-order chi connectivity index (χ1) is 5.04. The van der Waals surface area contributed by atoms with E-state index in [0.29, 0.717) is 0 Å². The fraction of sp³-hybridized carbons (Fsp3) is 0. The molecule has 1 aromatic rings. The number of nitrogens with one attached hydrogen (secondary N) is 1. The van der Waals surface area contributed by atoms with E-state index in [2.05, 4.69) is 4.98 Å². The summed E-state index contributed by atoms with van der Waals surface area (Å²) in [5.74, 6) is 0. The van der Waals surface area contributed by atoms with Gasteiger partial charge in [-0.15, -0.1) is 0 Å². The van der Waals surface area contributed by atoms with Gasteiger partial charge in [0.1, 0.15) is 20.4 Å². The quantitative estimate of drug-likeness (QED) is 0.561. The van der Waals surface area contributed by atoms with Crippen LogP contribution in [0.1, 0.15) is 0 Å². The molecule has 12 heavy (non-hydrogen) atoms. The van der Waals surface area contributed by atoms with Crippen LogP contribution in [0, 0.1) is 0 Å². The Morgan fingerprint density at radius 1 is 0.917 bits per heavy atom. The summed E-state index contributed by atoms with van der Waals surface area (Å²) in [6.45, 7) is 0. The summed E-state index contributed by atoms with van der Waals surface area (Å²) in [4.78, 5) is 13.4. The number of pyridine rings is 1. The van der Waals surface area contributed by atoms with Gasteiger partial charge in [-0.25, -0.2) is 0 Å². The second-order valence-electron chi connectivity index (χ2n) is 1.71. The van der Waals surface area contributed by atoms with Crippen LogP contribution in [0.2, 0.25) is 20.4 Å². The molecule has 1 aromatic heterocycles. The van der Waals surface area contributed by atoms with Crippen molar-refractivity contribution in [1.82, 2.24) is 4.98 Å². The molecule has 0 amide bonds. The number of rotatable bonds is 0. The molecule has 0 aromatic carbocycles. The monoisotopic (exact) mass is 254 g/mol. The van der Waals surface area contributed by atoms with E-state index < -0.39 is 5.43 Å². The average Bonchev–Trinajstić information content (AvgIpc) is 1.97. The standard InChI is InChI=1S/C5HCl4NO.Na/c6-1-3(11)2(7)5(9)10-4(1)8;/h(H,10,11);. The molecule has 0 fully saturated rings. The zero-order chi connectivity index (χ0) is 8.59. The molecule has 1 heterocycles. The Morgan fingerprint density at radius 2 is 1.25 bits per heavy atom. The van der Waals surface area contributed by atoms with Crippen molar-refractivity contribution in [2.24, 2.45) is 0 Å². The van der Waals surface area contributed by atoms with Gasteiger partial charge in [0.15, 0.2) is 0 Å². The number of hydrogen-bond donors (Lipinski definition) is 1. The van der Waals surface area contributed by atoms with Crippen LogP contribution in [0.15, 0.2) is 4.79 Å². The third-order valence-electron chi connectivity index (χ3n) is 1.00. The Labute approximate surface area is 110 Å². The number of halogens is 4. The number of H-pyrrole nitrogens is 1. The fourth-order valence-electron chi connectivity index (χ4n) is 0.502. The first-order valence-electron chi connectivity index (χ1n) is 2.46. The largest absolute Gasteiger partial charge is 0.334 e. The Balaban J connectivity index is 0.00000121. The Bertz CT molecular complexity index is 321. The summed E-state index contributed by atoms with van der Waals surface area (Å²) in [5, 5.41) is -0.320. The van der Waals surface area contributed by atoms with Crippen LogP contribution in [0.4, 0.5) is 0 Å². The van der Waals surface area contributed by atoms with E-state index in [4.69, 9.17) is 46.4 Å². The van der Waals surface area contributed by atoms with Gasteiger partial charge in [-0.2, -0.15) is 0 Å². The Hall–Kier alpha value is 1.11. The molecule has 1 rings (SSSR count). The summed E-state index contributed by atoms with van der Waals surface area (Å²) < 4.78 is 0. The van der Waals surface area contributed by atoms with Gasteiger partial charge >= 0.3 is 0 Å². The summed E-state index contributed by atoms with van der Waals surface area (Å²) >= 11 is 21.8. The molecule has 0 saturated carbocycles. The molecule has 0 bridgehead atoms. The van der Waals surface area contributed by atoms with Gasteiger partial charge in [-0.1, -0.05) is 46.4 Å². The second-order valence-corrected chi connectivity index (χ2v) is 3.22. The molecular weight excluding hydrogens is 255 g/mol. The van der Waals surface area contributed by atoms with Crippen LogP contribution in [-0.2, 0) is 0 Å². The molecule has 0 unspecified atom stereocenters. The van der Waals surface area contributed by atoms with E-state index in [1.807, 2.05) is 0 Å². The van der Waals surface area contributed by atoms with Crippen molar-refractivity contribution in [3.05, 3.63) is 30.6 Å². The van der Waals surface area contributed by atoms with Crippen LogP contribution >= 0.6 is 46.4 Å². The smallest absolute Gasteiger partial charge is 0.221 e. The predicted octanol–water partition coefficient (Wildman–Crippen LogP) is 2.61. The molecule has 61 valence electrons. The van der Waals surface area contributed by atoms with Gasteiger partial charge < -0.3 is 4.98 Å². The van der Waals surface area contributed by atoms with Crippen molar-refractivity contribution < 1.29 is 0 Å². The summed E-state index contributed by atoms with van der Waals surface area (Å²) in [5.41, 5.74) is -0.568. The van der Waals surface area contributed by atoms with E-state index in [1.165, 1.54) is 0 Å². The maximum atomic E-state index is 11.0. The SMILES string of the molecule is O=c1c(Cl)c(Cl)[nH]c(Cl)c1Cl.[Na]. The minimum atomic E-state index is -0.568. The van der Waals surface area contributed by atoms with Gasteiger partial charge in [-0.3, -0.25) is 4.79 Å². The molecule has 2 nitrogen and oxygen atoms in total. The maximum Gasteiger partial charge on any atom is 0.221 e. The molecule has 0 aliphatic rings. The Kier molecular flexibility index (Phi) is 5.58. The molecule has 1 radical (unpaired) electrons. The van der Waals surface area contributed by atoms with E-state index in [-0.39, 0.29) is 49.9 Å². The Morgan fingerprint density at radius 3 is 1.58 bits per heavy atom. The molecule has 0 saturated heterocycles. The van der Waals surface area contributed by atoms with E-state index in [0.717, 1.165) is 0 Å². The summed E-state index contributed by atoms with van der Waals surface area (Å²) in [6, 6.07) is 0. The molecule has 0 atom stereocenters. The van der Waals surface area contributed by atoms with Gasteiger partial charge in [-0.05, 0) is 0 Å². The number of aromatic amines is 1. The molecule has 7 heteroatoms. The topological polar surface area (TPSA) is 32.9 Å². The van der Waals surface area contributed by atoms with Crippen molar-refractivity contribution in [2.45, 2.75) is 0 Å². The third-order valence-corrected chi connectivity index (χ3v) is 2.49. The van der Waals surface area contributed by atoms with Gasteiger partial charge in [0.05, 0.1) is 0 Å². The summed E-state index contributed by atoms with van der Waals surface area (Å²) in [7, 11) is 0. The van der Waals surface area contributed by atoms with Crippen molar-refractivity contribution in [3.8, 4) is 0 Å². The van der Waals surface area contributed by atoms with Crippen molar-refractivity contribution in [2.75, 3.05) is 0 Å². The minimum Gasteiger partial charge on any atom is -0.334 e. The first kappa shape index (κ1) is 13.1. The molecule has 0 spiro atoms. The number of aromatic nitrogens is 1. The molecule has 0 aliphatic heterocycles. The average molecular weight is 256 g/mol. The van der Waals surface area contributed by atoms with Crippen molar-refractivity contribution in [3.63, 3.8) is 0 Å². The summed E-state index contributed by atoms with van der Waals surface area (Å²) in [6.07, 6.45) is 0.